The molecule has 0 bridgehead atoms. The Morgan fingerprint density at radius 2 is 1.89 bits per heavy atom. The van der Waals surface area contributed by atoms with E-state index in [4.69, 9.17) is 13.9 Å². The minimum absolute atomic E-state index is 0.0694. The molecule has 0 fully saturated rings. The van der Waals surface area contributed by atoms with E-state index in [1.54, 1.807) is 24.3 Å². The van der Waals surface area contributed by atoms with Crippen molar-refractivity contribution in [1.82, 2.24) is 5.43 Å². The predicted octanol–water partition coefficient (Wildman–Crippen LogP) is 2.98. The summed E-state index contributed by atoms with van der Waals surface area (Å²) in [5.41, 5.74) is 3.35. The minimum atomic E-state index is -0.647. The lowest BCUT2D eigenvalue weighted by atomic mass is 10.2. The van der Waals surface area contributed by atoms with Crippen molar-refractivity contribution in [1.29, 1.82) is 0 Å². The summed E-state index contributed by atoms with van der Waals surface area (Å²) >= 11 is 0. The maximum Gasteiger partial charge on any atom is 0.379 e. The molecule has 0 unspecified atom stereocenters. The molecule has 1 amide bonds. The van der Waals surface area contributed by atoms with E-state index in [1.807, 2.05) is 0 Å². The Morgan fingerprint density at radius 3 is 2.57 bits per heavy atom. The van der Waals surface area contributed by atoms with Crippen LogP contribution in [-0.4, -0.2) is 30.3 Å². The molecule has 1 aromatic heterocycles. The SMILES string of the molecule is COc1cc(/C=N\NC(=O)c2ccc(O)cc2)ccc1OC(=O)c1ccco1. The van der Waals surface area contributed by atoms with Gasteiger partial charge in [0.15, 0.2) is 11.5 Å². The zero-order valence-corrected chi connectivity index (χ0v) is 14.8. The number of nitrogens with one attached hydrogen (secondary N) is 1. The van der Waals surface area contributed by atoms with Gasteiger partial charge in [0.1, 0.15) is 5.75 Å². The highest BCUT2D eigenvalue weighted by molar-refractivity contribution is 5.95. The Hall–Kier alpha value is -4.07. The fourth-order valence-corrected chi connectivity index (χ4v) is 2.24. The normalized spacial score (nSPS) is 10.6. The van der Waals surface area contributed by atoms with Crippen LogP contribution in [0.1, 0.15) is 26.5 Å². The van der Waals surface area contributed by atoms with Crippen molar-refractivity contribution in [2.24, 2.45) is 5.10 Å². The monoisotopic (exact) mass is 380 g/mol. The van der Waals surface area contributed by atoms with Crippen molar-refractivity contribution in [2.75, 3.05) is 7.11 Å². The summed E-state index contributed by atoms with van der Waals surface area (Å²) in [7, 11) is 1.44. The third-order valence-corrected chi connectivity index (χ3v) is 3.62. The summed E-state index contributed by atoms with van der Waals surface area (Å²) in [6.07, 6.45) is 2.79. The molecule has 8 nitrogen and oxygen atoms in total. The Morgan fingerprint density at radius 1 is 1.11 bits per heavy atom. The molecule has 28 heavy (non-hydrogen) atoms. The Labute approximate surface area is 160 Å². The van der Waals surface area contributed by atoms with E-state index in [0.29, 0.717) is 16.9 Å². The van der Waals surface area contributed by atoms with Crippen LogP contribution in [0.5, 0.6) is 17.2 Å². The molecule has 0 aliphatic rings. The van der Waals surface area contributed by atoms with Gasteiger partial charge in [-0.15, -0.1) is 0 Å². The summed E-state index contributed by atoms with van der Waals surface area (Å²) in [6, 6.07) is 13.6. The lowest BCUT2D eigenvalue weighted by molar-refractivity contribution is 0.0696. The molecule has 0 radical (unpaired) electrons. The molecule has 0 spiro atoms. The molecule has 8 heteroatoms. The molecule has 2 aromatic carbocycles. The second-order valence-electron chi connectivity index (χ2n) is 5.52. The highest BCUT2D eigenvalue weighted by Gasteiger charge is 2.14. The van der Waals surface area contributed by atoms with Gasteiger partial charge in [-0.1, -0.05) is 0 Å². The van der Waals surface area contributed by atoms with Crippen LogP contribution >= 0.6 is 0 Å². The van der Waals surface area contributed by atoms with E-state index >= 15 is 0 Å². The number of methoxy groups -OCH3 is 1. The fraction of sp³-hybridized carbons (Fsp3) is 0.0500. The van der Waals surface area contributed by atoms with Crippen molar-refractivity contribution >= 4 is 18.1 Å². The van der Waals surface area contributed by atoms with Gasteiger partial charge in [0.25, 0.3) is 5.91 Å². The quantitative estimate of drug-likeness (QED) is 0.294. The first kappa shape index (κ1) is 18.7. The molecule has 0 atom stereocenters. The molecule has 3 aromatic rings. The molecule has 0 aliphatic carbocycles. The number of phenols is 1. The van der Waals surface area contributed by atoms with Crippen LogP contribution in [-0.2, 0) is 0 Å². The van der Waals surface area contributed by atoms with Gasteiger partial charge in [-0.3, -0.25) is 4.79 Å². The van der Waals surface area contributed by atoms with Gasteiger partial charge < -0.3 is 19.0 Å². The van der Waals surface area contributed by atoms with E-state index in [2.05, 4.69) is 10.5 Å². The Balaban J connectivity index is 1.66. The highest BCUT2D eigenvalue weighted by Crippen LogP contribution is 2.28. The zero-order chi connectivity index (χ0) is 19.9. The van der Waals surface area contributed by atoms with Gasteiger partial charge in [-0.05, 0) is 60.2 Å². The number of carbonyl (C=O) groups is 2. The zero-order valence-electron chi connectivity index (χ0n) is 14.8. The average molecular weight is 380 g/mol. The van der Waals surface area contributed by atoms with Crippen molar-refractivity contribution in [3.63, 3.8) is 0 Å². The van der Waals surface area contributed by atoms with E-state index in [-0.39, 0.29) is 17.3 Å². The number of phenolic OH excluding ortho intramolecular Hbond substituents is 1. The van der Waals surface area contributed by atoms with E-state index in [1.165, 1.54) is 49.9 Å². The Bertz CT molecular complexity index is 994. The number of hydrogen-bond acceptors (Lipinski definition) is 7. The number of benzene rings is 2. The van der Waals surface area contributed by atoms with Gasteiger partial charge in [0, 0.05) is 5.56 Å². The first-order valence-corrected chi connectivity index (χ1v) is 8.13. The largest absolute Gasteiger partial charge is 0.508 e. The molecule has 1 heterocycles. The number of hydrogen-bond donors (Lipinski definition) is 2. The minimum Gasteiger partial charge on any atom is -0.508 e. The van der Waals surface area contributed by atoms with Gasteiger partial charge in [0.2, 0.25) is 5.76 Å². The van der Waals surface area contributed by atoms with Gasteiger partial charge in [-0.2, -0.15) is 5.10 Å². The number of hydrazone groups is 1. The second kappa shape index (κ2) is 8.54. The number of nitrogens with zero attached hydrogens (tertiary/aromatic N) is 1. The molecule has 3 rings (SSSR count). The first-order chi connectivity index (χ1) is 13.6. The molecular weight excluding hydrogens is 364 g/mol. The van der Waals surface area contributed by atoms with Crippen molar-refractivity contribution in [3.8, 4) is 17.2 Å². The van der Waals surface area contributed by atoms with Crippen LogP contribution in [0.2, 0.25) is 0 Å². The van der Waals surface area contributed by atoms with E-state index in [9.17, 15) is 14.7 Å². The maximum atomic E-state index is 12.0. The van der Waals surface area contributed by atoms with Crippen LogP contribution < -0.4 is 14.9 Å². The van der Waals surface area contributed by atoms with E-state index < -0.39 is 11.9 Å². The van der Waals surface area contributed by atoms with Crippen LogP contribution in [0.25, 0.3) is 0 Å². The molecule has 0 saturated heterocycles. The third kappa shape index (κ3) is 4.55. The summed E-state index contributed by atoms with van der Waals surface area (Å²) in [4.78, 5) is 23.9. The number of amides is 1. The number of furan rings is 1. The van der Waals surface area contributed by atoms with Gasteiger partial charge in [-0.25, -0.2) is 10.2 Å². The topological polar surface area (TPSA) is 110 Å². The number of rotatable bonds is 6. The van der Waals surface area contributed by atoms with Crippen LogP contribution in [0.4, 0.5) is 0 Å². The lowest BCUT2D eigenvalue weighted by Crippen LogP contribution is -2.17. The lowest BCUT2D eigenvalue weighted by Gasteiger charge is -2.09. The van der Waals surface area contributed by atoms with Crippen molar-refractivity contribution < 1.29 is 28.6 Å². The van der Waals surface area contributed by atoms with Gasteiger partial charge in [0.05, 0.1) is 19.6 Å². The highest BCUT2D eigenvalue weighted by atomic mass is 16.6. The predicted molar refractivity (Wildman–Crippen MR) is 99.8 cm³/mol. The maximum absolute atomic E-state index is 12.0. The number of carbonyl (C=O) groups excluding carboxylic acids is 2. The number of esters is 1. The van der Waals surface area contributed by atoms with Crippen molar-refractivity contribution in [2.45, 2.75) is 0 Å². The summed E-state index contributed by atoms with van der Waals surface area (Å²) in [5, 5.41) is 13.1. The third-order valence-electron chi connectivity index (χ3n) is 3.62. The number of aromatic hydroxyl groups is 1. The molecule has 0 saturated carbocycles. The summed E-state index contributed by atoms with van der Waals surface area (Å²) in [5.74, 6) is -0.398. The standard InChI is InChI=1S/C20H16N2O6/c1-26-18-11-13(4-9-16(18)28-20(25)17-3-2-10-27-17)12-21-22-19(24)14-5-7-15(23)8-6-14/h2-12,23H,1H3,(H,22,24)/b21-12-. The second-order valence-corrected chi connectivity index (χ2v) is 5.52. The first-order valence-electron chi connectivity index (χ1n) is 8.13. The van der Waals surface area contributed by atoms with Crippen molar-refractivity contribution in [3.05, 3.63) is 77.7 Å². The molecular formula is C20H16N2O6. The van der Waals surface area contributed by atoms with E-state index in [0.717, 1.165) is 0 Å². The Kier molecular flexibility index (Phi) is 5.71. The molecule has 2 N–H and O–H groups in total. The van der Waals surface area contributed by atoms with Crippen LogP contribution in [0, 0.1) is 0 Å². The number of ether oxygens (including phenoxy) is 2. The summed E-state index contributed by atoms with van der Waals surface area (Å²) < 4.78 is 15.5. The van der Waals surface area contributed by atoms with Gasteiger partial charge >= 0.3 is 5.97 Å². The molecule has 0 aliphatic heterocycles. The van der Waals surface area contributed by atoms with Crippen LogP contribution in [0.15, 0.2) is 70.4 Å². The summed E-state index contributed by atoms with van der Waals surface area (Å²) in [6.45, 7) is 0. The average Bonchev–Trinajstić information content (AvgIpc) is 3.24. The molecule has 142 valence electrons. The smallest absolute Gasteiger partial charge is 0.379 e. The fourth-order valence-electron chi connectivity index (χ4n) is 2.24. The van der Waals surface area contributed by atoms with Crippen LogP contribution in [0.3, 0.4) is 0 Å².